The molecule has 0 spiro atoms. The summed E-state index contributed by atoms with van der Waals surface area (Å²) in [6.07, 6.45) is 9.37. The van der Waals surface area contributed by atoms with Gasteiger partial charge in [-0.2, -0.15) is 0 Å². The second kappa shape index (κ2) is 5.62. The van der Waals surface area contributed by atoms with Gasteiger partial charge in [0.1, 0.15) is 0 Å². The minimum absolute atomic E-state index is 0.253. The van der Waals surface area contributed by atoms with E-state index in [4.69, 9.17) is 0 Å². The summed E-state index contributed by atoms with van der Waals surface area (Å²) in [5.41, 5.74) is 1.99. The lowest BCUT2D eigenvalue weighted by atomic mass is 10.0. The van der Waals surface area contributed by atoms with E-state index in [2.05, 4.69) is 25.0 Å². The highest BCUT2D eigenvalue weighted by Gasteiger charge is 2.39. The summed E-state index contributed by atoms with van der Waals surface area (Å²) < 4.78 is 0. The Bertz CT molecular complexity index is 240. The van der Waals surface area contributed by atoms with Gasteiger partial charge in [-0.3, -0.25) is 0 Å². The predicted molar refractivity (Wildman–Crippen MR) is 66.0 cm³/mol. The number of hydrogen-bond donors (Lipinski definition) is 0. The van der Waals surface area contributed by atoms with Crippen LogP contribution >= 0.6 is 0 Å². The maximum Gasteiger partial charge on any atom is 0.234 e. The topological polar surface area (TPSA) is 29.4 Å². The molecule has 1 aliphatic rings. The Kier molecular flexibility index (Phi) is 4.74. The van der Waals surface area contributed by atoms with E-state index >= 15 is 0 Å². The molecule has 1 rings (SSSR count). The molecule has 2 nitrogen and oxygen atoms in total. The molecule has 1 atom stereocenters. The number of carbonyl (C=O) groups excluding carboxylic acids is 1. The minimum Gasteiger partial charge on any atom is -0.211 e. The molecule has 1 aliphatic carbocycles. The van der Waals surface area contributed by atoms with Crippen LogP contribution in [-0.2, 0) is 4.79 Å². The zero-order valence-corrected chi connectivity index (χ0v) is 11.2. The lowest BCUT2D eigenvalue weighted by Gasteiger charge is -2.38. The van der Waals surface area contributed by atoms with Crippen molar-refractivity contribution < 1.29 is 4.79 Å². The van der Waals surface area contributed by atoms with E-state index in [0.29, 0.717) is 0 Å². The average Bonchev–Trinajstić information content (AvgIpc) is 2.27. The molecule has 1 saturated carbocycles. The Morgan fingerprint density at radius 1 is 1.33 bits per heavy atom. The average molecular weight is 224 g/mol. The summed E-state index contributed by atoms with van der Waals surface area (Å²) in [7, 11) is -1.47. The standard InChI is InChI=1S/C12H22NOSi/c1-4-12(13-10-14)15(2,3)11-8-6-5-7-9-11/h12H,4-9H2,1-3H3. The van der Waals surface area contributed by atoms with Crippen molar-refractivity contribution in [2.75, 3.05) is 0 Å². The van der Waals surface area contributed by atoms with Crippen LogP contribution in [0.5, 0.6) is 0 Å². The van der Waals surface area contributed by atoms with Gasteiger partial charge in [-0.15, -0.1) is 0 Å². The summed E-state index contributed by atoms with van der Waals surface area (Å²) in [6, 6.07) is 0. The molecule has 0 aliphatic heterocycles. The lowest BCUT2D eigenvalue weighted by Crippen LogP contribution is -2.47. The maximum atomic E-state index is 10.4. The first-order chi connectivity index (χ1) is 7.12. The Balaban J connectivity index is 2.72. The zero-order valence-electron chi connectivity index (χ0n) is 10.2. The molecule has 0 saturated heterocycles. The Morgan fingerprint density at radius 2 is 1.93 bits per heavy atom. The molecular weight excluding hydrogens is 202 g/mol. The van der Waals surface area contributed by atoms with Gasteiger partial charge in [-0.05, 0) is 24.8 Å². The molecule has 0 amide bonds. The van der Waals surface area contributed by atoms with E-state index in [9.17, 15) is 4.79 Å². The van der Waals surface area contributed by atoms with Crippen molar-refractivity contribution in [1.82, 2.24) is 0 Å². The maximum absolute atomic E-state index is 10.4. The first-order valence-corrected chi connectivity index (χ1v) is 9.12. The molecule has 85 valence electrons. The van der Waals surface area contributed by atoms with E-state index in [-0.39, 0.29) is 5.67 Å². The molecule has 0 aromatic rings. The van der Waals surface area contributed by atoms with Gasteiger partial charge in [0.05, 0.1) is 13.7 Å². The fraction of sp³-hybridized carbons (Fsp3) is 0.833. The number of hydrogen-bond acceptors (Lipinski definition) is 2. The summed E-state index contributed by atoms with van der Waals surface area (Å²) in [5.74, 6) is 0. The van der Waals surface area contributed by atoms with Crippen molar-refractivity contribution in [2.24, 2.45) is 4.99 Å². The highest BCUT2D eigenvalue weighted by atomic mass is 28.3. The van der Waals surface area contributed by atoms with E-state index < -0.39 is 8.07 Å². The summed E-state index contributed by atoms with van der Waals surface area (Å²) in [6.45, 7) is 6.86. The van der Waals surface area contributed by atoms with Gasteiger partial charge in [0.2, 0.25) is 6.08 Å². The van der Waals surface area contributed by atoms with E-state index in [1.54, 1.807) is 11.6 Å². The van der Waals surface area contributed by atoms with E-state index in [1.165, 1.54) is 32.1 Å². The number of rotatable bonds is 4. The van der Waals surface area contributed by atoms with Gasteiger partial charge >= 0.3 is 0 Å². The molecule has 15 heavy (non-hydrogen) atoms. The van der Waals surface area contributed by atoms with Crippen LogP contribution in [0.3, 0.4) is 0 Å². The van der Waals surface area contributed by atoms with Crippen molar-refractivity contribution in [3.63, 3.8) is 0 Å². The Labute approximate surface area is 94.2 Å². The second-order valence-corrected chi connectivity index (χ2v) is 9.85. The third-order valence-corrected chi connectivity index (χ3v) is 8.32. The van der Waals surface area contributed by atoms with Gasteiger partial charge in [-0.25, -0.2) is 9.79 Å². The number of aliphatic imine (C=N–C) groups is 1. The van der Waals surface area contributed by atoms with Crippen LogP contribution in [0, 0.1) is 5.54 Å². The van der Waals surface area contributed by atoms with Crippen LogP contribution in [0.15, 0.2) is 4.99 Å². The smallest absolute Gasteiger partial charge is 0.211 e. The lowest BCUT2D eigenvalue weighted by molar-refractivity contribution is 0.554. The minimum atomic E-state index is -1.47. The van der Waals surface area contributed by atoms with E-state index in [0.717, 1.165) is 6.42 Å². The highest BCUT2D eigenvalue weighted by molar-refractivity contribution is 6.84. The summed E-state index contributed by atoms with van der Waals surface area (Å²) in [5, 5.41) is 0. The van der Waals surface area contributed by atoms with Gasteiger partial charge in [-0.1, -0.05) is 39.3 Å². The van der Waals surface area contributed by atoms with Crippen LogP contribution in [0.25, 0.3) is 0 Å². The number of nitrogens with zero attached hydrogens (tertiary/aromatic N) is 1. The largest absolute Gasteiger partial charge is 0.234 e. The zero-order chi connectivity index (χ0) is 11.3. The molecule has 0 heterocycles. The fourth-order valence-corrected chi connectivity index (χ4v) is 6.19. The van der Waals surface area contributed by atoms with Crippen molar-refractivity contribution in [2.45, 2.75) is 64.2 Å². The van der Waals surface area contributed by atoms with Gasteiger partial charge < -0.3 is 0 Å². The normalized spacial score (nSPS) is 20.7. The van der Waals surface area contributed by atoms with Crippen molar-refractivity contribution >= 4 is 14.2 Å². The fourth-order valence-electron chi connectivity index (χ4n) is 2.69. The van der Waals surface area contributed by atoms with Gasteiger partial charge in [0.25, 0.3) is 0 Å². The van der Waals surface area contributed by atoms with Crippen LogP contribution in [0.4, 0.5) is 0 Å². The summed E-state index contributed by atoms with van der Waals surface area (Å²) >= 11 is 0. The van der Waals surface area contributed by atoms with Crippen LogP contribution in [-0.4, -0.2) is 19.8 Å². The van der Waals surface area contributed by atoms with Crippen molar-refractivity contribution in [3.8, 4) is 0 Å². The third kappa shape index (κ3) is 3.02. The molecule has 1 unspecified atom stereocenters. The highest BCUT2D eigenvalue weighted by Crippen LogP contribution is 2.36. The van der Waals surface area contributed by atoms with Crippen LogP contribution < -0.4 is 0 Å². The number of isocyanates is 1. The molecule has 1 fully saturated rings. The molecule has 1 radical (unpaired) electrons. The Hall–Kier alpha value is -0.403. The molecule has 0 N–H and O–H groups in total. The van der Waals surface area contributed by atoms with Crippen molar-refractivity contribution in [3.05, 3.63) is 5.54 Å². The molecule has 0 bridgehead atoms. The van der Waals surface area contributed by atoms with Crippen molar-refractivity contribution in [1.29, 1.82) is 0 Å². The van der Waals surface area contributed by atoms with Crippen LogP contribution in [0.2, 0.25) is 13.1 Å². The van der Waals surface area contributed by atoms with Crippen LogP contribution in [0.1, 0.15) is 45.4 Å². The molecule has 0 aromatic carbocycles. The molecule has 3 heteroatoms. The first-order valence-electron chi connectivity index (χ1n) is 6.05. The Morgan fingerprint density at radius 3 is 2.40 bits per heavy atom. The second-order valence-electron chi connectivity index (χ2n) is 5.03. The van der Waals surface area contributed by atoms with Gasteiger partial charge in [0.15, 0.2) is 0 Å². The first kappa shape index (κ1) is 12.7. The third-order valence-electron chi connectivity index (χ3n) is 3.80. The SMILES string of the molecule is CCC(N=C=O)[Si](C)(C)[C]1CCCCC1. The molecule has 0 aromatic heterocycles. The quantitative estimate of drug-likeness (QED) is 0.409. The van der Waals surface area contributed by atoms with Gasteiger partial charge in [0, 0.05) is 0 Å². The molecular formula is C12H22NOSi. The predicted octanol–water partition coefficient (Wildman–Crippen LogP) is 3.43. The summed E-state index contributed by atoms with van der Waals surface area (Å²) in [4.78, 5) is 14.4. The monoisotopic (exact) mass is 224 g/mol. The van der Waals surface area contributed by atoms with E-state index in [1.807, 2.05) is 0 Å².